The first kappa shape index (κ1) is 13.9. The summed E-state index contributed by atoms with van der Waals surface area (Å²) in [6.45, 7) is 0. The molecule has 19 heavy (non-hydrogen) atoms. The summed E-state index contributed by atoms with van der Waals surface area (Å²) in [5.74, 6) is 0.507. The molecule has 0 aliphatic rings. The Bertz CT molecular complexity index is 609. The quantitative estimate of drug-likeness (QED) is 0.780. The van der Waals surface area contributed by atoms with Crippen molar-refractivity contribution < 1.29 is 9.53 Å². The number of ketones is 1. The van der Waals surface area contributed by atoms with Crippen molar-refractivity contribution in [1.29, 1.82) is 0 Å². The number of para-hydroxylation sites is 1. The number of carbonyl (C=O) groups is 1. The van der Waals surface area contributed by atoms with E-state index in [1.165, 1.54) is 0 Å². The van der Waals surface area contributed by atoms with Gasteiger partial charge in [0.1, 0.15) is 5.75 Å². The second-order valence-electron chi connectivity index (χ2n) is 4.04. The van der Waals surface area contributed by atoms with E-state index in [4.69, 9.17) is 27.9 Å². The topological polar surface area (TPSA) is 26.3 Å². The fourth-order valence-corrected chi connectivity index (χ4v) is 2.20. The molecule has 0 aliphatic carbocycles. The van der Waals surface area contributed by atoms with E-state index >= 15 is 0 Å². The van der Waals surface area contributed by atoms with Crippen LogP contribution in [0.3, 0.4) is 0 Å². The Morgan fingerprint density at radius 3 is 2.63 bits per heavy atom. The lowest BCUT2D eigenvalue weighted by molar-refractivity contribution is 0.0990. The van der Waals surface area contributed by atoms with E-state index in [1.807, 2.05) is 6.07 Å². The summed E-state index contributed by atoms with van der Waals surface area (Å²) in [4.78, 5) is 12.3. The van der Waals surface area contributed by atoms with Gasteiger partial charge in [-0.2, -0.15) is 0 Å². The largest absolute Gasteiger partial charge is 0.496 e. The maximum Gasteiger partial charge on any atom is 0.171 e. The highest BCUT2D eigenvalue weighted by molar-refractivity contribution is 6.33. The maximum atomic E-state index is 12.3. The summed E-state index contributed by atoms with van der Waals surface area (Å²) in [6.07, 6.45) is 0.194. The Hall–Kier alpha value is -1.51. The molecule has 0 saturated carbocycles. The maximum absolute atomic E-state index is 12.3. The van der Waals surface area contributed by atoms with Crippen LogP contribution in [0.5, 0.6) is 5.75 Å². The van der Waals surface area contributed by atoms with Crippen LogP contribution in [-0.2, 0) is 6.42 Å². The van der Waals surface area contributed by atoms with Gasteiger partial charge in [-0.05, 0) is 35.9 Å². The summed E-state index contributed by atoms with van der Waals surface area (Å²) < 4.78 is 5.18. The fourth-order valence-electron chi connectivity index (χ4n) is 1.82. The van der Waals surface area contributed by atoms with Crippen molar-refractivity contribution in [1.82, 2.24) is 0 Å². The van der Waals surface area contributed by atoms with Crippen LogP contribution >= 0.6 is 23.2 Å². The zero-order chi connectivity index (χ0) is 13.8. The van der Waals surface area contributed by atoms with Gasteiger partial charge in [-0.3, -0.25) is 4.79 Å². The van der Waals surface area contributed by atoms with Gasteiger partial charge in [0.15, 0.2) is 5.78 Å². The first-order chi connectivity index (χ1) is 9.11. The second-order valence-corrected chi connectivity index (χ2v) is 4.88. The number of halogens is 2. The lowest BCUT2D eigenvalue weighted by Crippen LogP contribution is -2.06. The van der Waals surface area contributed by atoms with Crippen molar-refractivity contribution in [2.75, 3.05) is 7.11 Å². The predicted octanol–water partition coefficient (Wildman–Crippen LogP) is 4.43. The fraction of sp³-hybridized carbons (Fsp3) is 0.133. The summed E-state index contributed by atoms with van der Waals surface area (Å²) in [7, 11) is 1.54. The Balaban J connectivity index is 2.28. The molecule has 0 unspecified atom stereocenters. The Morgan fingerprint density at radius 2 is 1.89 bits per heavy atom. The van der Waals surface area contributed by atoms with E-state index in [0.717, 1.165) is 0 Å². The molecule has 0 spiro atoms. The number of benzene rings is 2. The van der Waals surface area contributed by atoms with Gasteiger partial charge in [0, 0.05) is 16.5 Å². The van der Waals surface area contributed by atoms with Crippen LogP contribution in [0.25, 0.3) is 0 Å². The van der Waals surface area contributed by atoms with Crippen LogP contribution in [0.15, 0.2) is 42.5 Å². The number of rotatable bonds is 4. The molecule has 0 bridgehead atoms. The van der Waals surface area contributed by atoms with Crippen LogP contribution in [-0.4, -0.2) is 12.9 Å². The van der Waals surface area contributed by atoms with Crippen molar-refractivity contribution in [2.45, 2.75) is 6.42 Å². The monoisotopic (exact) mass is 294 g/mol. The lowest BCUT2D eigenvalue weighted by Gasteiger charge is -2.08. The predicted molar refractivity (Wildman–Crippen MR) is 77.5 cm³/mol. The van der Waals surface area contributed by atoms with Crippen molar-refractivity contribution in [3.8, 4) is 5.75 Å². The van der Waals surface area contributed by atoms with E-state index < -0.39 is 0 Å². The number of hydrogen-bond donors (Lipinski definition) is 0. The molecule has 0 amide bonds. The molecule has 0 atom stereocenters. The normalized spacial score (nSPS) is 10.3. The van der Waals surface area contributed by atoms with Crippen LogP contribution < -0.4 is 4.74 Å². The average Bonchev–Trinajstić information content (AvgIpc) is 2.42. The molecule has 0 heterocycles. The highest BCUT2D eigenvalue weighted by Gasteiger charge is 2.14. The average molecular weight is 295 g/mol. The molecule has 0 saturated heterocycles. The van der Waals surface area contributed by atoms with Crippen molar-refractivity contribution in [2.24, 2.45) is 0 Å². The molecule has 4 heteroatoms. The third-order valence-corrected chi connectivity index (χ3v) is 3.37. The molecule has 98 valence electrons. The van der Waals surface area contributed by atoms with Crippen LogP contribution in [0, 0.1) is 0 Å². The van der Waals surface area contributed by atoms with E-state index in [2.05, 4.69) is 0 Å². The molecule has 0 radical (unpaired) electrons. The summed E-state index contributed by atoms with van der Waals surface area (Å²) in [5.41, 5.74) is 1.26. The number of carbonyl (C=O) groups excluding carboxylic acids is 1. The van der Waals surface area contributed by atoms with Crippen molar-refractivity contribution in [3.63, 3.8) is 0 Å². The van der Waals surface area contributed by atoms with Gasteiger partial charge in [-0.15, -0.1) is 0 Å². The molecule has 2 aromatic rings. The van der Waals surface area contributed by atoms with Crippen molar-refractivity contribution >= 4 is 29.0 Å². The minimum Gasteiger partial charge on any atom is -0.496 e. The SMILES string of the molecule is COc1ccccc1C(=O)Cc1cc(Cl)ccc1Cl. The molecule has 2 aromatic carbocycles. The third kappa shape index (κ3) is 3.28. The van der Waals surface area contributed by atoms with E-state index in [0.29, 0.717) is 26.9 Å². The van der Waals surface area contributed by atoms with Gasteiger partial charge in [0.2, 0.25) is 0 Å². The number of ether oxygens (including phenoxy) is 1. The third-order valence-electron chi connectivity index (χ3n) is 2.77. The molecule has 0 N–H and O–H groups in total. The van der Waals surface area contributed by atoms with Crippen LogP contribution in [0.4, 0.5) is 0 Å². The standard InChI is InChI=1S/C15H12Cl2O2/c1-19-15-5-3-2-4-12(15)14(18)9-10-8-11(16)6-7-13(10)17/h2-8H,9H2,1H3. The molecule has 0 aliphatic heterocycles. The molecular formula is C15H12Cl2O2. The lowest BCUT2D eigenvalue weighted by atomic mass is 10.0. The van der Waals surface area contributed by atoms with Crippen LogP contribution in [0.1, 0.15) is 15.9 Å². The van der Waals surface area contributed by atoms with Gasteiger partial charge in [-0.25, -0.2) is 0 Å². The molecule has 2 nitrogen and oxygen atoms in total. The minimum absolute atomic E-state index is 0.0541. The van der Waals surface area contributed by atoms with E-state index in [1.54, 1.807) is 43.5 Å². The summed E-state index contributed by atoms with van der Waals surface area (Å²) >= 11 is 12.0. The number of Topliss-reactive ketones (excluding diaryl/α,β-unsaturated/α-hetero) is 1. The number of hydrogen-bond acceptors (Lipinski definition) is 2. The number of methoxy groups -OCH3 is 1. The van der Waals surface area contributed by atoms with E-state index in [-0.39, 0.29) is 12.2 Å². The van der Waals surface area contributed by atoms with Gasteiger partial charge in [-0.1, -0.05) is 35.3 Å². The van der Waals surface area contributed by atoms with Gasteiger partial charge >= 0.3 is 0 Å². The smallest absolute Gasteiger partial charge is 0.171 e. The zero-order valence-electron chi connectivity index (χ0n) is 10.3. The van der Waals surface area contributed by atoms with E-state index in [9.17, 15) is 4.79 Å². The summed E-state index contributed by atoms with van der Waals surface area (Å²) in [5, 5.41) is 1.10. The zero-order valence-corrected chi connectivity index (χ0v) is 11.8. The van der Waals surface area contributed by atoms with Gasteiger partial charge < -0.3 is 4.74 Å². The molecule has 2 rings (SSSR count). The van der Waals surface area contributed by atoms with Crippen molar-refractivity contribution in [3.05, 3.63) is 63.6 Å². The first-order valence-corrected chi connectivity index (χ1v) is 6.47. The highest BCUT2D eigenvalue weighted by Crippen LogP contribution is 2.24. The molecule has 0 fully saturated rings. The van der Waals surface area contributed by atoms with Crippen LogP contribution in [0.2, 0.25) is 10.0 Å². The highest BCUT2D eigenvalue weighted by atomic mass is 35.5. The minimum atomic E-state index is -0.0541. The van der Waals surface area contributed by atoms with Gasteiger partial charge in [0.05, 0.1) is 12.7 Å². The molecular weight excluding hydrogens is 283 g/mol. The second kappa shape index (κ2) is 6.09. The Kier molecular flexibility index (Phi) is 4.46. The Labute approximate surface area is 121 Å². The molecule has 0 aromatic heterocycles. The first-order valence-electron chi connectivity index (χ1n) is 5.72. The van der Waals surface area contributed by atoms with Gasteiger partial charge in [0.25, 0.3) is 0 Å². The Morgan fingerprint density at radius 1 is 1.16 bits per heavy atom. The summed E-state index contributed by atoms with van der Waals surface area (Å²) in [6, 6.07) is 12.2.